The van der Waals surface area contributed by atoms with E-state index in [9.17, 15) is 4.79 Å². The normalized spacial score (nSPS) is 17.2. The molecule has 1 saturated heterocycles. The van der Waals surface area contributed by atoms with E-state index in [0.717, 1.165) is 36.2 Å². The van der Waals surface area contributed by atoms with E-state index in [-0.39, 0.29) is 6.04 Å². The number of amides is 1. The summed E-state index contributed by atoms with van der Waals surface area (Å²) in [5.41, 5.74) is 2.81. The minimum absolute atomic E-state index is 0.287. The maximum Gasteiger partial charge on any atom is 0.411 e. The molecule has 1 atom stereocenters. The number of ether oxygens (including phenoxy) is 1. The molecule has 0 unspecified atom stereocenters. The third-order valence-electron chi connectivity index (χ3n) is 3.83. The summed E-state index contributed by atoms with van der Waals surface area (Å²) < 4.78 is 5.31. The lowest BCUT2D eigenvalue weighted by Gasteiger charge is -2.14. The molecule has 114 valence electrons. The highest BCUT2D eigenvalue weighted by molar-refractivity contribution is 5.91. The number of para-hydroxylation sites is 1. The van der Waals surface area contributed by atoms with Crippen LogP contribution in [0.2, 0.25) is 0 Å². The third-order valence-corrected chi connectivity index (χ3v) is 3.83. The molecular formula is C18H20N2O2. The van der Waals surface area contributed by atoms with Crippen molar-refractivity contribution >= 4 is 11.8 Å². The zero-order chi connectivity index (χ0) is 15.2. The average molecular weight is 296 g/mol. The molecule has 1 aliphatic heterocycles. The Morgan fingerprint density at radius 3 is 2.68 bits per heavy atom. The second-order valence-corrected chi connectivity index (χ2v) is 5.43. The Bertz CT molecular complexity index is 622. The maximum absolute atomic E-state index is 12.0. The molecule has 0 aromatic heterocycles. The van der Waals surface area contributed by atoms with Gasteiger partial charge in [-0.1, -0.05) is 48.5 Å². The average Bonchev–Trinajstić information content (AvgIpc) is 3.08. The minimum Gasteiger partial charge on any atom is -0.448 e. The molecule has 4 heteroatoms. The van der Waals surface area contributed by atoms with Gasteiger partial charge in [-0.25, -0.2) is 4.79 Å². The van der Waals surface area contributed by atoms with Crippen LogP contribution in [0.4, 0.5) is 10.5 Å². The fourth-order valence-electron chi connectivity index (χ4n) is 2.68. The summed E-state index contributed by atoms with van der Waals surface area (Å²) in [5, 5.41) is 6.15. The topological polar surface area (TPSA) is 50.4 Å². The molecule has 2 N–H and O–H groups in total. The van der Waals surface area contributed by atoms with Gasteiger partial charge in [0, 0.05) is 11.6 Å². The Kier molecular flexibility index (Phi) is 4.71. The Morgan fingerprint density at radius 1 is 1.14 bits per heavy atom. The van der Waals surface area contributed by atoms with E-state index in [2.05, 4.69) is 10.6 Å². The molecule has 4 nitrogen and oxygen atoms in total. The second-order valence-electron chi connectivity index (χ2n) is 5.43. The molecule has 22 heavy (non-hydrogen) atoms. The maximum atomic E-state index is 12.0. The van der Waals surface area contributed by atoms with E-state index in [1.807, 2.05) is 54.6 Å². The first-order chi connectivity index (χ1) is 10.8. The number of anilines is 1. The molecule has 1 fully saturated rings. The summed E-state index contributed by atoms with van der Waals surface area (Å²) in [4.78, 5) is 12.0. The van der Waals surface area contributed by atoms with E-state index >= 15 is 0 Å². The molecule has 1 heterocycles. The first-order valence-electron chi connectivity index (χ1n) is 7.64. The second kappa shape index (κ2) is 7.09. The number of carbonyl (C=O) groups excluding carboxylic acids is 1. The Morgan fingerprint density at radius 2 is 1.91 bits per heavy atom. The number of rotatable bonds is 4. The number of hydrogen-bond donors (Lipinski definition) is 2. The summed E-state index contributed by atoms with van der Waals surface area (Å²) in [6.45, 7) is 1.42. The van der Waals surface area contributed by atoms with E-state index < -0.39 is 6.09 Å². The Labute approximate surface area is 130 Å². The third kappa shape index (κ3) is 3.65. The van der Waals surface area contributed by atoms with Gasteiger partial charge in [-0.2, -0.15) is 0 Å². The van der Waals surface area contributed by atoms with Crippen LogP contribution in [0.3, 0.4) is 0 Å². The van der Waals surface area contributed by atoms with Crippen LogP contribution in [0, 0.1) is 0 Å². The SMILES string of the molecule is O=C(Nc1ccccc1-c1ccccc1)OC[C@@H]1CCCN1. The molecular weight excluding hydrogens is 276 g/mol. The molecule has 1 aliphatic rings. The fraction of sp³-hybridized carbons (Fsp3) is 0.278. The molecule has 2 aromatic rings. The summed E-state index contributed by atoms with van der Waals surface area (Å²) in [7, 11) is 0. The van der Waals surface area contributed by atoms with Crippen molar-refractivity contribution in [3.8, 4) is 11.1 Å². The van der Waals surface area contributed by atoms with Gasteiger partial charge in [0.2, 0.25) is 0 Å². The van der Waals surface area contributed by atoms with Crippen LogP contribution in [0.25, 0.3) is 11.1 Å². The van der Waals surface area contributed by atoms with Gasteiger partial charge in [-0.15, -0.1) is 0 Å². The van der Waals surface area contributed by atoms with Crippen LogP contribution in [-0.2, 0) is 4.74 Å². The highest BCUT2D eigenvalue weighted by Gasteiger charge is 2.16. The summed E-state index contributed by atoms with van der Waals surface area (Å²) in [6.07, 6.45) is 1.80. The van der Waals surface area contributed by atoms with Crippen LogP contribution < -0.4 is 10.6 Å². The molecule has 2 aromatic carbocycles. The van der Waals surface area contributed by atoms with Crippen molar-refractivity contribution in [2.24, 2.45) is 0 Å². The molecule has 3 rings (SSSR count). The lowest BCUT2D eigenvalue weighted by Crippen LogP contribution is -2.29. The predicted octanol–water partition coefficient (Wildman–Crippen LogP) is 3.65. The summed E-state index contributed by atoms with van der Waals surface area (Å²) in [6, 6.07) is 18.0. The van der Waals surface area contributed by atoms with Gasteiger partial charge < -0.3 is 10.1 Å². The first-order valence-corrected chi connectivity index (χ1v) is 7.64. The van der Waals surface area contributed by atoms with Gasteiger partial charge in [0.25, 0.3) is 0 Å². The van der Waals surface area contributed by atoms with Crippen molar-refractivity contribution in [2.45, 2.75) is 18.9 Å². The lowest BCUT2D eigenvalue weighted by molar-refractivity contribution is 0.151. The molecule has 0 spiro atoms. The van der Waals surface area contributed by atoms with Crippen LogP contribution in [0.5, 0.6) is 0 Å². The molecule has 0 radical (unpaired) electrons. The number of benzene rings is 2. The summed E-state index contributed by atoms with van der Waals surface area (Å²) >= 11 is 0. The van der Waals surface area contributed by atoms with Crippen LogP contribution in [0.15, 0.2) is 54.6 Å². The van der Waals surface area contributed by atoms with Crippen LogP contribution in [-0.4, -0.2) is 25.3 Å². The first kappa shape index (κ1) is 14.6. The van der Waals surface area contributed by atoms with Crippen LogP contribution >= 0.6 is 0 Å². The fourth-order valence-corrected chi connectivity index (χ4v) is 2.68. The zero-order valence-electron chi connectivity index (χ0n) is 12.4. The van der Waals surface area contributed by atoms with Gasteiger partial charge >= 0.3 is 6.09 Å². The Hall–Kier alpha value is -2.33. The molecule has 0 saturated carbocycles. The van der Waals surface area contributed by atoms with Gasteiger partial charge in [-0.3, -0.25) is 5.32 Å². The van der Waals surface area contributed by atoms with Crippen LogP contribution in [0.1, 0.15) is 12.8 Å². The Balaban J connectivity index is 1.66. The van der Waals surface area contributed by atoms with E-state index in [4.69, 9.17) is 4.74 Å². The number of carbonyl (C=O) groups is 1. The van der Waals surface area contributed by atoms with Crippen molar-refractivity contribution in [2.75, 3.05) is 18.5 Å². The lowest BCUT2D eigenvalue weighted by atomic mass is 10.0. The molecule has 1 amide bonds. The van der Waals surface area contributed by atoms with Gasteiger partial charge in [0.05, 0.1) is 5.69 Å². The van der Waals surface area contributed by atoms with E-state index in [1.165, 1.54) is 0 Å². The minimum atomic E-state index is -0.405. The number of nitrogens with one attached hydrogen (secondary N) is 2. The van der Waals surface area contributed by atoms with Gasteiger partial charge in [0.15, 0.2) is 0 Å². The quantitative estimate of drug-likeness (QED) is 0.905. The standard InChI is InChI=1S/C18H20N2O2/c21-18(22-13-15-9-6-12-19-15)20-17-11-5-4-10-16(17)14-7-2-1-3-8-14/h1-5,7-8,10-11,15,19H,6,9,12-13H2,(H,20,21)/t15-/m0/s1. The molecule has 0 bridgehead atoms. The van der Waals surface area contributed by atoms with Crippen molar-refractivity contribution < 1.29 is 9.53 Å². The highest BCUT2D eigenvalue weighted by atomic mass is 16.5. The van der Waals surface area contributed by atoms with Gasteiger partial charge in [-0.05, 0) is 31.0 Å². The van der Waals surface area contributed by atoms with Crippen molar-refractivity contribution in [3.05, 3.63) is 54.6 Å². The highest BCUT2D eigenvalue weighted by Crippen LogP contribution is 2.27. The zero-order valence-corrected chi connectivity index (χ0v) is 12.4. The van der Waals surface area contributed by atoms with E-state index in [0.29, 0.717) is 6.61 Å². The largest absolute Gasteiger partial charge is 0.448 e. The van der Waals surface area contributed by atoms with Crippen molar-refractivity contribution in [3.63, 3.8) is 0 Å². The monoisotopic (exact) mass is 296 g/mol. The number of hydrogen-bond acceptors (Lipinski definition) is 3. The predicted molar refractivity (Wildman–Crippen MR) is 87.9 cm³/mol. The summed E-state index contributed by atoms with van der Waals surface area (Å²) in [5.74, 6) is 0. The smallest absolute Gasteiger partial charge is 0.411 e. The molecule has 0 aliphatic carbocycles. The van der Waals surface area contributed by atoms with Crippen molar-refractivity contribution in [1.82, 2.24) is 5.32 Å². The van der Waals surface area contributed by atoms with Gasteiger partial charge in [0.1, 0.15) is 6.61 Å². The van der Waals surface area contributed by atoms with E-state index in [1.54, 1.807) is 0 Å². The van der Waals surface area contributed by atoms with Crippen molar-refractivity contribution in [1.29, 1.82) is 0 Å².